The SMILES string of the molecule is C[C@H](NC(=O)[C@H](CCCCN)NC(=O)[C@@H](N)CCC(=O)O)C(=O)O. The fourth-order valence-electron chi connectivity index (χ4n) is 1.83. The van der Waals surface area contributed by atoms with E-state index in [2.05, 4.69) is 10.6 Å². The molecule has 8 N–H and O–H groups in total. The average Bonchev–Trinajstić information content (AvgIpc) is 2.51. The molecular formula is C14H26N4O6. The van der Waals surface area contributed by atoms with E-state index in [0.717, 1.165) is 0 Å². The van der Waals surface area contributed by atoms with Crippen molar-refractivity contribution < 1.29 is 29.4 Å². The first-order valence-electron chi connectivity index (χ1n) is 7.70. The van der Waals surface area contributed by atoms with E-state index < -0.39 is 41.9 Å². The molecule has 0 saturated heterocycles. The third-order valence-corrected chi connectivity index (χ3v) is 3.32. The number of nitrogens with two attached hydrogens (primary N) is 2. The van der Waals surface area contributed by atoms with Crippen molar-refractivity contribution >= 4 is 23.8 Å². The molecule has 10 heteroatoms. The summed E-state index contributed by atoms with van der Waals surface area (Å²) in [6, 6.07) is -3.13. The third-order valence-electron chi connectivity index (χ3n) is 3.32. The zero-order chi connectivity index (χ0) is 18.7. The van der Waals surface area contributed by atoms with Crippen molar-refractivity contribution in [1.82, 2.24) is 10.6 Å². The van der Waals surface area contributed by atoms with E-state index in [0.29, 0.717) is 19.4 Å². The Kier molecular flexibility index (Phi) is 10.3. The van der Waals surface area contributed by atoms with Gasteiger partial charge in [-0.1, -0.05) is 0 Å². The molecule has 0 fully saturated rings. The van der Waals surface area contributed by atoms with Gasteiger partial charge in [0.2, 0.25) is 11.8 Å². The highest BCUT2D eigenvalue weighted by Gasteiger charge is 2.26. The molecule has 0 aromatic heterocycles. The molecule has 0 heterocycles. The minimum atomic E-state index is -1.20. The van der Waals surface area contributed by atoms with Crippen molar-refractivity contribution in [2.45, 2.75) is 57.2 Å². The van der Waals surface area contributed by atoms with Crippen molar-refractivity contribution in [3.8, 4) is 0 Å². The number of carboxylic acid groups (broad SMARTS) is 2. The zero-order valence-electron chi connectivity index (χ0n) is 13.7. The smallest absolute Gasteiger partial charge is 0.325 e. The largest absolute Gasteiger partial charge is 0.481 e. The maximum absolute atomic E-state index is 12.1. The van der Waals surface area contributed by atoms with Gasteiger partial charge < -0.3 is 32.3 Å². The van der Waals surface area contributed by atoms with Crippen molar-refractivity contribution in [2.24, 2.45) is 11.5 Å². The standard InChI is InChI=1S/C14H26N4O6/c1-8(14(23)24)17-13(22)10(4-2-3-7-15)18-12(21)9(16)5-6-11(19)20/h8-10H,2-7,15-16H2,1H3,(H,17,22)(H,18,21)(H,19,20)(H,23,24)/t8-,9-,10-/m0/s1. The molecule has 2 amide bonds. The molecule has 0 aromatic carbocycles. The molecule has 0 aliphatic heterocycles. The normalized spacial score (nSPS) is 14.3. The molecule has 0 bridgehead atoms. The van der Waals surface area contributed by atoms with Crippen LogP contribution in [0.1, 0.15) is 39.0 Å². The van der Waals surface area contributed by atoms with Gasteiger partial charge in [-0.15, -0.1) is 0 Å². The fourth-order valence-corrected chi connectivity index (χ4v) is 1.83. The van der Waals surface area contributed by atoms with Crippen LogP contribution in [-0.2, 0) is 19.2 Å². The Morgan fingerprint density at radius 1 is 1.00 bits per heavy atom. The van der Waals surface area contributed by atoms with E-state index in [4.69, 9.17) is 21.7 Å². The quantitative estimate of drug-likeness (QED) is 0.228. The molecule has 24 heavy (non-hydrogen) atoms. The van der Waals surface area contributed by atoms with Crippen LogP contribution in [0, 0.1) is 0 Å². The second-order valence-corrected chi connectivity index (χ2v) is 5.45. The summed E-state index contributed by atoms with van der Waals surface area (Å²) < 4.78 is 0. The molecule has 0 rings (SSSR count). The zero-order valence-corrected chi connectivity index (χ0v) is 13.7. The van der Waals surface area contributed by atoms with Crippen molar-refractivity contribution in [3.63, 3.8) is 0 Å². The van der Waals surface area contributed by atoms with Crippen LogP contribution >= 0.6 is 0 Å². The van der Waals surface area contributed by atoms with E-state index in [9.17, 15) is 19.2 Å². The van der Waals surface area contributed by atoms with Crippen LogP contribution in [-0.4, -0.2) is 58.6 Å². The highest BCUT2D eigenvalue weighted by molar-refractivity contribution is 5.91. The van der Waals surface area contributed by atoms with Crippen LogP contribution in [0.5, 0.6) is 0 Å². The average molecular weight is 346 g/mol. The van der Waals surface area contributed by atoms with Gasteiger partial charge in [0.25, 0.3) is 0 Å². The Labute approximate surface area is 139 Å². The lowest BCUT2D eigenvalue weighted by molar-refractivity contribution is -0.141. The predicted octanol–water partition coefficient (Wildman–Crippen LogP) is -1.62. The Hall–Kier alpha value is -2.20. The minimum absolute atomic E-state index is 0.0656. The van der Waals surface area contributed by atoms with Crippen molar-refractivity contribution in [3.05, 3.63) is 0 Å². The Morgan fingerprint density at radius 2 is 1.62 bits per heavy atom. The summed E-state index contributed by atoms with van der Waals surface area (Å²) in [5.41, 5.74) is 11.0. The lowest BCUT2D eigenvalue weighted by Gasteiger charge is -2.21. The fraction of sp³-hybridized carbons (Fsp3) is 0.714. The number of hydrogen-bond acceptors (Lipinski definition) is 6. The maximum Gasteiger partial charge on any atom is 0.325 e. The lowest BCUT2D eigenvalue weighted by atomic mass is 10.1. The van der Waals surface area contributed by atoms with Gasteiger partial charge in [-0.25, -0.2) is 0 Å². The second-order valence-electron chi connectivity index (χ2n) is 5.45. The van der Waals surface area contributed by atoms with Crippen LogP contribution in [0.3, 0.4) is 0 Å². The first kappa shape index (κ1) is 21.8. The molecule has 0 aromatic rings. The molecular weight excluding hydrogens is 320 g/mol. The number of aliphatic carboxylic acids is 2. The van der Waals surface area contributed by atoms with Crippen LogP contribution in [0.15, 0.2) is 0 Å². The van der Waals surface area contributed by atoms with Crippen LogP contribution in [0.25, 0.3) is 0 Å². The molecule has 0 radical (unpaired) electrons. The van der Waals surface area contributed by atoms with Crippen molar-refractivity contribution in [1.29, 1.82) is 0 Å². The van der Waals surface area contributed by atoms with Crippen LogP contribution in [0.4, 0.5) is 0 Å². The van der Waals surface area contributed by atoms with Gasteiger partial charge in [-0.05, 0) is 39.2 Å². The van der Waals surface area contributed by atoms with E-state index >= 15 is 0 Å². The number of nitrogens with one attached hydrogen (secondary N) is 2. The van der Waals surface area contributed by atoms with Crippen LogP contribution in [0.2, 0.25) is 0 Å². The maximum atomic E-state index is 12.1. The number of carbonyl (C=O) groups excluding carboxylic acids is 2. The van der Waals surface area contributed by atoms with Gasteiger partial charge in [0.05, 0.1) is 6.04 Å². The predicted molar refractivity (Wildman–Crippen MR) is 84.9 cm³/mol. The Bertz CT molecular complexity index is 457. The highest BCUT2D eigenvalue weighted by atomic mass is 16.4. The number of unbranched alkanes of at least 4 members (excludes halogenated alkanes) is 1. The molecule has 138 valence electrons. The Morgan fingerprint density at radius 3 is 2.12 bits per heavy atom. The molecule has 3 atom stereocenters. The van der Waals surface area contributed by atoms with Gasteiger partial charge in [-0.3, -0.25) is 19.2 Å². The van der Waals surface area contributed by atoms with Crippen molar-refractivity contribution in [2.75, 3.05) is 6.54 Å². The topological polar surface area (TPSA) is 185 Å². The lowest BCUT2D eigenvalue weighted by Crippen LogP contribution is -2.54. The number of carbonyl (C=O) groups is 4. The van der Waals surface area contributed by atoms with E-state index in [1.54, 1.807) is 0 Å². The summed E-state index contributed by atoms with van der Waals surface area (Å²) >= 11 is 0. The molecule has 0 saturated carbocycles. The van der Waals surface area contributed by atoms with Gasteiger partial charge >= 0.3 is 11.9 Å². The third kappa shape index (κ3) is 9.06. The number of carboxylic acids is 2. The van der Waals surface area contributed by atoms with E-state index in [-0.39, 0.29) is 19.3 Å². The van der Waals surface area contributed by atoms with E-state index in [1.165, 1.54) is 6.92 Å². The van der Waals surface area contributed by atoms with E-state index in [1.807, 2.05) is 0 Å². The van der Waals surface area contributed by atoms with Crippen LogP contribution < -0.4 is 22.1 Å². The van der Waals surface area contributed by atoms with Gasteiger partial charge in [0.1, 0.15) is 12.1 Å². The number of rotatable bonds is 12. The van der Waals surface area contributed by atoms with Gasteiger partial charge in [0, 0.05) is 6.42 Å². The summed E-state index contributed by atoms with van der Waals surface area (Å²) in [6.45, 7) is 1.73. The summed E-state index contributed by atoms with van der Waals surface area (Å²) in [6.07, 6.45) is 1.13. The van der Waals surface area contributed by atoms with Gasteiger partial charge in [-0.2, -0.15) is 0 Å². The number of amides is 2. The number of hydrogen-bond donors (Lipinski definition) is 6. The Balaban J connectivity index is 4.74. The second kappa shape index (κ2) is 11.4. The summed E-state index contributed by atoms with van der Waals surface area (Å²) in [5.74, 6) is -3.58. The first-order chi connectivity index (χ1) is 11.2. The first-order valence-corrected chi connectivity index (χ1v) is 7.70. The molecule has 0 aliphatic carbocycles. The molecule has 0 unspecified atom stereocenters. The molecule has 10 nitrogen and oxygen atoms in total. The minimum Gasteiger partial charge on any atom is -0.481 e. The highest BCUT2D eigenvalue weighted by Crippen LogP contribution is 2.03. The summed E-state index contributed by atoms with van der Waals surface area (Å²) in [4.78, 5) is 45.4. The monoisotopic (exact) mass is 346 g/mol. The molecule has 0 spiro atoms. The summed E-state index contributed by atoms with van der Waals surface area (Å²) in [7, 11) is 0. The molecule has 0 aliphatic rings. The summed E-state index contributed by atoms with van der Waals surface area (Å²) in [5, 5.41) is 22.1. The van der Waals surface area contributed by atoms with Gasteiger partial charge in [0.15, 0.2) is 0 Å².